The predicted molar refractivity (Wildman–Crippen MR) is 132 cm³/mol. The average molecular weight is 511 g/mol. The molecule has 0 fully saturated rings. The van der Waals surface area contributed by atoms with Crippen LogP contribution in [0.25, 0.3) is 0 Å². The number of hydrogen-bond acceptors (Lipinski definition) is 7. The first-order valence-electron chi connectivity index (χ1n) is 12.4. The molecule has 0 rings (SSSR count). The van der Waals surface area contributed by atoms with Crippen LogP contribution in [0.3, 0.4) is 0 Å². The Morgan fingerprint density at radius 2 is 0.882 bits per heavy atom. The molecule has 0 heterocycles. The lowest BCUT2D eigenvalue weighted by atomic mass is 10.1. The molecule has 0 aromatic rings. The zero-order valence-electron chi connectivity index (χ0n) is 20.8. The van der Waals surface area contributed by atoms with Gasteiger partial charge in [0.05, 0.1) is 0 Å². The maximum absolute atomic E-state index is 11.9. The van der Waals surface area contributed by atoms with Gasteiger partial charge in [0.25, 0.3) is 0 Å². The van der Waals surface area contributed by atoms with Crippen molar-refractivity contribution in [3.05, 3.63) is 0 Å². The Bertz CT molecular complexity index is 542. The third kappa shape index (κ3) is 20.0. The second-order valence-corrected chi connectivity index (χ2v) is 8.56. The van der Waals surface area contributed by atoms with E-state index in [4.69, 9.17) is 5.73 Å². The van der Waals surface area contributed by atoms with Crippen LogP contribution in [-0.4, -0.2) is 74.7 Å². The molecule has 0 saturated carbocycles. The molecule has 5 N–H and O–H groups in total. The number of nitrogens with zero attached hydrogens (tertiary/aromatic N) is 3. The first-order chi connectivity index (χ1) is 15.8. The zero-order valence-corrected chi connectivity index (χ0v) is 21.6. The number of carbonyl (C=O) groups is 3. The highest BCUT2D eigenvalue weighted by Gasteiger charge is 2.11. The van der Waals surface area contributed by atoms with Crippen molar-refractivity contribution in [2.75, 3.05) is 26.2 Å². The molecular weight excluding hydrogens is 464 g/mol. The monoisotopic (exact) mass is 510 g/mol. The zero-order chi connectivity index (χ0) is 24.9. The SMILES string of the molecule is CC(=O)N(O)CCCCCCCC(=O)N(O)CCCCCCCC(=O)N(O)CCCCCN.Cl. The number of unbranched alkanes of at least 4 members (excludes halogenated alkanes) is 10. The summed E-state index contributed by atoms with van der Waals surface area (Å²) in [5, 5.41) is 31.1. The molecule has 0 radical (unpaired) electrons. The average Bonchev–Trinajstić information content (AvgIpc) is 2.79. The highest BCUT2D eigenvalue weighted by Crippen LogP contribution is 2.10. The second kappa shape index (κ2) is 23.3. The molecule has 11 heteroatoms. The van der Waals surface area contributed by atoms with E-state index in [0.29, 0.717) is 63.3 Å². The summed E-state index contributed by atoms with van der Waals surface area (Å²) in [5.74, 6) is -0.883. The van der Waals surface area contributed by atoms with Crippen LogP contribution in [-0.2, 0) is 14.4 Å². The Morgan fingerprint density at radius 3 is 1.26 bits per heavy atom. The topological polar surface area (TPSA) is 148 Å². The fourth-order valence-electron chi connectivity index (χ4n) is 3.38. The number of carbonyl (C=O) groups excluding carboxylic acids is 3. The number of amides is 3. The Morgan fingerprint density at radius 1 is 0.559 bits per heavy atom. The van der Waals surface area contributed by atoms with Gasteiger partial charge in [-0.1, -0.05) is 44.9 Å². The summed E-state index contributed by atoms with van der Waals surface area (Å²) in [6, 6.07) is 0. The Balaban J connectivity index is 0. The largest absolute Gasteiger partial charge is 0.330 e. The third-order valence-corrected chi connectivity index (χ3v) is 5.53. The van der Waals surface area contributed by atoms with Crippen molar-refractivity contribution in [1.82, 2.24) is 15.2 Å². The van der Waals surface area contributed by atoms with Crippen molar-refractivity contribution in [2.45, 2.75) is 103 Å². The van der Waals surface area contributed by atoms with Crippen molar-refractivity contribution in [1.29, 1.82) is 0 Å². The second-order valence-electron chi connectivity index (χ2n) is 8.56. The number of hydroxylamine groups is 6. The molecule has 0 bridgehead atoms. The fourth-order valence-corrected chi connectivity index (χ4v) is 3.38. The van der Waals surface area contributed by atoms with Gasteiger partial charge in [-0.05, 0) is 45.1 Å². The van der Waals surface area contributed by atoms with Gasteiger partial charge in [0.15, 0.2) is 0 Å². The standard InChI is InChI=1S/C23H46N4O6.ClH/c1-21(28)25(31)18-12-6-2-4-9-15-22(29)26(32)19-13-7-3-5-10-16-23(30)27(33)20-14-8-11-17-24;/h31-33H,2-20,24H2,1H3;1H. The van der Waals surface area contributed by atoms with Gasteiger partial charge < -0.3 is 5.73 Å². The Hall–Kier alpha value is -1.46. The van der Waals surface area contributed by atoms with Gasteiger partial charge in [-0.25, -0.2) is 15.2 Å². The molecule has 3 amide bonds. The van der Waals surface area contributed by atoms with Crippen LogP contribution in [0.2, 0.25) is 0 Å². The molecule has 10 nitrogen and oxygen atoms in total. The van der Waals surface area contributed by atoms with Gasteiger partial charge in [-0.15, -0.1) is 12.4 Å². The molecule has 0 aliphatic heterocycles. The summed E-state index contributed by atoms with van der Waals surface area (Å²) in [6.07, 6.45) is 11.3. The number of rotatable bonds is 21. The van der Waals surface area contributed by atoms with Crippen molar-refractivity contribution >= 4 is 30.1 Å². The van der Waals surface area contributed by atoms with E-state index in [-0.39, 0.29) is 30.1 Å². The van der Waals surface area contributed by atoms with Gasteiger partial charge in [-0.2, -0.15) is 0 Å². The normalized spacial score (nSPS) is 10.5. The Labute approximate surface area is 210 Å². The maximum atomic E-state index is 11.9. The van der Waals surface area contributed by atoms with Crippen molar-refractivity contribution < 1.29 is 30.0 Å². The lowest BCUT2D eigenvalue weighted by molar-refractivity contribution is -0.166. The van der Waals surface area contributed by atoms with Crippen LogP contribution in [0.1, 0.15) is 103 Å². The van der Waals surface area contributed by atoms with Crippen LogP contribution in [0.4, 0.5) is 0 Å². The van der Waals surface area contributed by atoms with Crippen LogP contribution in [0.5, 0.6) is 0 Å². The summed E-state index contributed by atoms with van der Waals surface area (Å²) in [6.45, 7) is 2.92. The predicted octanol–water partition coefficient (Wildman–Crippen LogP) is 3.89. The van der Waals surface area contributed by atoms with E-state index in [1.54, 1.807) is 0 Å². The van der Waals surface area contributed by atoms with Crippen LogP contribution < -0.4 is 5.73 Å². The molecule has 0 atom stereocenters. The Kier molecular flexibility index (Phi) is 23.8. The maximum Gasteiger partial charge on any atom is 0.245 e. The van der Waals surface area contributed by atoms with E-state index in [9.17, 15) is 30.0 Å². The minimum Gasteiger partial charge on any atom is -0.330 e. The molecule has 0 saturated heterocycles. The van der Waals surface area contributed by atoms with Gasteiger partial charge in [0.2, 0.25) is 17.7 Å². The smallest absolute Gasteiger partial charge is 0.245 e. The van der Waals surface area contributed by atoms with E-state index in [2.05, 4.69) is 0 Å². The number of nitrogens with two attached hydrogens (primary N) is 1. The van der Waals surface area contributed by atoms with Gasteiger partial charge in [-0.3, -0.25) is 30.0 Å². The molecule has 202 valence electrons. The van der Waals surface area contributed by atoms with Crippen LogP contribution in [0.15, 0.2) is 0 Å². The molecule has 0 unspecified atom stereocenters. The molecular formula is C23H47ClN4O6. The molecule has 0 aliphatic carbocycles. The summed E-state index contributed by atoms with van der Waals surface area (Å²) < 4.78 is 0. The van der Waals surface area contributed by atoms with E-state index in [1.807, 2.05) is 0 Å². The van der Waals surface area contributed by atoms with Crippen molar-refractivity contribution in [3.8, 4) is 0 Å². The minimum absolute atomic E-state index is 0. The van der Waals surface area contributed by atoms with Gasteiger partial charge >= 0.3 is 0 Å². The van der Waals surface area contributed by atoms with Crippen LogP contribution in [0, 0.1) is 0 Å². The van der Waals surface area contributed by atoms with E-state index < -0.39 is 0 Å². The third-order valence-electron chi connectivity index (χ3n) is 5.53. The highest BCUT2D eigenvalue weighted by molar-refractivity contribution is 5.85. The fraction of sp³-hybridized carbons (Fsp3) is 0.870. The summed E-state index contributed by atoms with van der Waals surface area (Å²) in [5.41, 5.74) is 5.41. The highest BCUT2D eigenvalue weighted by atomic mass is 35.5. The first-order valence-corrected chi connectivity index (χ1v) is 12.4. The van der Waals surface area contributed by atoms with E-state index in [1.165, 1.54) is 6.92 Å². The minimum atomic E-state index is -0.364. The molecule has 0 aromatic carbocycles. The van der Waals surface area contributed by atoms with Crippen molar-refractivity contribution in [2.24, 2.45) is 5.73 Å². The van der Waals surface area contributed by atoms with Crippen LogP contribution >= 0.6 is 12.4 Å². The summed E-state index contributed by atoms with van der Waals surface area (Å²) >= 11 is 0. The van der Waals surface area contributed by atoms with E-state index in [0.717, 1.165) is 74.3 Å². The van der Waals surface area contributed by atoms with Gasteiger partial charge in [0, 0.05) is 39.4 Å². The molecule has 0 spiro atoms. The summed E-state index contributed by atoms with van der Waals surface area (Å²) in [4.78, 5) is 34.6. The van der Waals surface area contributed by atoms with Gasteiger partial charge in [0.1, 0.15) is 0 Å². The number of hydrogen-bond donors (Lipinski definition) is 4. The molecule has 0 aliphatic rings. The lowest BCUT2D eigenvalue weighted by Crippen LogP contribution is -2.28. The number of halogens is 1. The first kappa shape index (κ1) is 34.7. The van der Waals surface area contributed by atoms with Crippen molar-refractivity contribution in [3.63, 3.8) is 0 Å². The van der Waals surface area contributed by atoms with E-state index >= 15 is 0 Å². The molecule has 0 aromatic heterocycles. The quantitative estimate of drug-likeness (QED) is 0.104. The molecule has 34 heavy (non-hydrogen) atoms. The summed E-state index contributed by atoms with van der Waals surface area (Å²) in [7, 11) is 0. The lowest BCUT2D eigenvalue weighted by Gasteiger charge is -2.15.